The number of benzene rings is 7. The van der Waals surface area contributed by atoms with Gasteiger partial charge < -0.3 is 14.2 Å². The molecule has 0 aromatic heterocycles. The van der Waals surface area contributed by atoms with Crippen molar-refractivity contribution < 1.29 is 14.2 Å². The van der Waals surface area contributed by atoms with E-state index in [-0.39, 0.29) is 0 Å². The third-order valence-electron chi connectivity index (χ3n) is 10.0. The van der Waals surface area contributed by atoms with Gasteiger partial charge in [-0.2, -0.15) is 0 Å². The molecule has 0 spiro atoms. The van der Waals surface area contributed by atoms with Crippen LogP contribution >= 0.6 is 0 Å². The Labute approximate surface area is 327 Å². The summed E-state index contributed by atoms with van der Waals surface area (Å²) in [5, 5.41) is 0. The van der Waals surface area contributed by atoms with Crippen LogP contribution in [0.25, 0.3) is 22.3 Å². The van der Waals surface area contributed by atoms with Crippen molar-refractivity contribution in [1.82, 2.24) is 0 Å². The van der Waals surface area contributed by atoms with Gasteiger partial charge in [-0.05, 0) is 124 Å². The highest BCUT2D eigenvalue weighted by Crippen LogP contribution is 2.29. The molecule has 1 atom stereocenters. The highest BCUT2D eigenvalue weighted by atomic mass is 16.5. The lowest BCUT2D eigenvalue weighted by Gasteiger charge is -2.17. The molecule has 7 aromatic rings. The smallest absolute Gasteiger partial charge is 0.123 e. The lowest BCUT2D eigenvalue weighted by Crippen LogP contribution is -2.07. The molecule has 7 rings (SSSR count). The molecule has 0 saturated heterocycles. The van der Waals surface area contributed by atoms with Gasteiger partial charge in [0.15, 0.2) is 0 Å². The lowest BCUT2D eigenvalue weighted by atomic mass is 9.92. The summed E-state index contributed by atoms with van der Waals surface area (Å²) in [6, 6.07) is 59.6. The van der Waals surface area contributed by atoms with Crippen molar-refractivity contribution >= 4 is 0 Å². The Balaban J connectivity index is 0.942. The zero-order valence-corrected chi connectivity index (χ0v) is 32.2. The predicted molar refractivity (Wildman–Crippen MR) is 227 cm³/mol. The summed E-state index contributed by atoms with van der Waals surface area (Å²) < 4.78 is 19.0. The quantitative estimate of drug-likeness (QED) is 0.0994. The second kappa shape index (κ2) is 18.3. The van der Waals surface area contributed by atoms with Crippen LogP contribution < -0.4 is 14.2 Å². The Morgan fingerprint density at radius 3 is 1.67 bits per heavy atom. The van der Waals surface area contributed by atoms with E-state index < -0.39 is 0 Å². The zero-order valence-electron chi connectivity index (χ0n) is 32.2. The number of para-hydroxylation sites is 1. The molecule has 0 aliphatic rings. The second-order valence-electron chi connectivity index (χ2n) is 14.6. The van der Waals surface area contributed by atoms with Gasteiger partial charge >= 0.3 is 0 Å². The van der Waals surface area contributed by atoms with Crippen LogP contribution in [0.15, 0.2) is 170 Å². The first-order valence-electron chi connectivity index (χ1n) is 19.5. The van der Waals surface area contributed by atoms with E-state index in [0.29, 0.717) is 25.7 Å². The van der Waals surface area contributed by atoms with Crippen molar-refractivity contribution in [1.29, 1.82) is 0 Å². The molecule has 3 heteroatoms. The van der Waals surface area contributed by atoms with E-state index in [1.54, 1.807) is 0 Å². The first-order chi connectivity index (χ1) is 27.0. The van der Waals surface area contributed by atoms with Gasteiger partial charge in [-0.3, -0.25) is 0 Å². The van der Waals surface area contributed by atoms with E-state index >= 15 is 0 Å². The molecule has 0 heterocycles. The summed E-state index contributed by atoms with van der Waals surface area (Å²) in [7, 11) is 0. The van der Waals surface area contributed by atoms with Crippen molar-refractivity contribution in [2.24, 2.45) is 5.92 Å². The standard InChI is InChI=1S/C52H50O3/c1-4-44-31-41(28-39(3)30-49-19-8-9-25-51(49)54-36-42-17-11-21-46(32-42)45-20-10-14-38(2)29-45)26-27-52(44)55-37-43-18-12-22-47(33-43)48-23-13-24-50(34-48)53-35-40-15-6-5-7-16-40/h5-27,29,31-34,39H,4,28,30,35-37H2,1-3H3. The molecule has 0 amide bonds. The van der Waals surface area contributed by atoms with E-state index in [2.05, 4.69) is 166 Å². The van der Waals surface area contributed by atoms with Gasteiger partial charge in [0.25, 0.3) is 0 Å². The summed E-state index contributed by atoms with van der Waals surface area (Å²) in [6.45, 7) is 8.25. The molecule has 55 heavy (non-hydrogen) atoms. The average molecular weight is 723 g/mol. The molecular formula is C52H50O3. The first-order valence-corrected chi connectivity index (χ1v) is 19.5. The molecule has 276 valence electrons. The summed E-state index contributed by atoms with van der Waals surface area (Å²) in [4.78, 5) is 0. The SMILES string of the molecule is CCc1cc(CC(C)Cc2ccccc2OCc2cccc(-c3cccc(C)c3)c2)ccc1OCc1cccc(-c2cccc(OCc3ccccc3)c2)c1. The molecular weight excluding hydrogens is 673 g/mol. The van der Waals surface area contributed by atoms with Gasteiger partial charge in [-0.1, -0.05) is 153 Å². The lowest BCUT2D eigenvalue weighted by molar-refractivity contribution is 0.301. The third kappa shape index (κ3) is 10.3. The van der Waals surface area contributed by atoms with Gasteiger partial charge in [-0.15, -0.1) is 0 Å². The normalized spacial score (nSPS) is 11.5. The van der Waals surface area contributed by atoms with Crippen LogP contribution in [-0.2, 0) is 39.1 Å². The summed E-state index contributed by atoms with van der Waals surface area (Å²) >= 11 is 0. The number of ether oxygens (including phenoxy) is 3. The topological polar surface area (TPSA) is 27.7 Å². The van der Waals surface area contributed by atoms with Crippen molar-refractivity contribution in [3.63, 3.8) is 0 Å². The third-order valence-corrected chi connectivity index (χ3v) is 10.0. The Morgan fingerprint density at radius 1 is 0.418 bits per heavy atom. The van der Waals surface area contributed by atoms with E-state index in [0.717, 1.165) is 58.8 Å². The maximum atomic E-state index is 6.45. The molecule has 7 aromatic carbocycles. The Hall–Kier alpha value is -6.06. The largest absolute Gasteiger partial charge is 0.489 e. The minimum absolute atomic E-state index is 0.441. The molecule has 0 saturated carbocycles. The van der Waals surface area contributed by atoms with Crippen LogP contribution in [-0.4, -0.2) is 0 Å². The van der Waals surface area contributed by atoms with Gasteiger partial charge in [0.2, 0.25) is 0 Å². The van der Waals surface area contributed by atoms with Crippen LogP contribution in [0.1, 0.15) is 52.8 Å². The molecule has 0 N–H and O–H groups in total. The number of aryl methyl sites for hydroxylation is 2. The van der Waals surface area contributed by atoms with E-state index in [1.165, 1.54) is 38.9 Å². The van der Waals surface area contributed by atoms with Gasteiger partial charge in [-0.25, -0.2) is 0 Å². The number of hydrogen-bond donors (Lipinski definition) is 0. The minimum atomic E-state index is 0.441. The highest BCUT2D eigenvalue weighted by Gasteiger charge is 2.13. The van der Waals surface area contributed by atoms with Crippen LogP contribution in [0, 0.1) is 12.8 Å². The summed E-state index contributed by atoms with van der Waals surface area (Å²) in [6.07, 6.45) is 2.84. The van der Waals surface area contributed by atoms with Crippen molar-refractivity contribution in [2.75, 3.05) is 0 Å². The van der Waals surface area contributed by atoms with Crippen molar-refractivity contribution in [2.45, 2.75) is 59.9 Å². The first kappa shape index (κ1) is 37.3. The Bertz CT molecular complexity index is 2310. The minimum Gasteiger partial charge on any atom is -0.489 e. The van der Waals surface area contributed by atoms with Crippen molar-refractivity contribution in [3.05, 3.63) is 209 Å². The van der Waals surface area contributed by atoms with Gasteiger partial charge in [0.05, 0.1) is 0 Å². The predicted octanol–water partition coefficient (Wildman–Crippen LogP) is 13.0. The zero-order chi connectivity index (χ0) is 37.8. The average Bonchev–Trinajstić information content (AvgIpc) is 3.23. The molecule has 1 unspecified atom stereocenters. The van der Waals surface area contributed by atoms with Gasteiger partial charge in [0.1, 0.15) is 37.1 Å². The fraction of sp³-hybridized carbons (Fsp3) is 0.192. The van der Waals surface area contributed by atoms with Crippen LogP contribution in [0.3, 0.4) is 0 Å². The molecule has 0 radical (unpaired) electrons. The van der Waals surface area contributed by atoms with Crippen molar-refractivity contribution in [3.8, 4) is 39.5 Å². The fourth-order valence-electron chi connectivity index (χ4n) is 7.17. The fourth-order valence-corrected chi connectivity index (χ4v) is 7.17. The number of rotatable bonds is 16. The van der Waals surface area contributed by atoms with E-state index in [4.69, 9.17) is 14.2 Å². The van der Waals surface area contributed by atoms with E-state index in [1.807, 2.05) is 24.3 Å². The highest BCUT2D eigenvalue weighted by molar-refractivity contribution is 5.66. The molecule has 0 aliphatic carbocycles. The van der Waals surface area contributed by atoms with Crippen LogP contribution in [0.2, 0.25) is 0 Å². The van der Waals surface area contributed by atoms with Crippen LogP contribution in [0.5, 0.6) is 17.2 Å². The summed E-state index contributed by atoms with van der Waals surface area (Å²) in [5.74, 6) is 3.21. The maximum Gasteiger partial charge on any atom is 0.123 e. The Kier molecular flexibility index (Phi) is 12.4. The molecule has 0 aliphatic heterocycles. The number of hydrogen-bond acceptors (Lipinski definition) is 3. The Morgan fingerprint density at radius 2 is 0.982 bits per heavy atom. The van der Waals surface area contributed by atoms with Gasteiger partial charge in [0, 0.05) is 0 Å². The summed E-state index contributed by atoms with van der Waals surface area (Å²) in [5.41, 5.74) is 13.2. The second-order valence-corrected chi connectivity index (χ2v) is 14.6. The van der Waals surface area contributed by atoms with Crippen LogP contribution in [0.4, 0.5) is 0 Å². The molecule has 0 bridgehead atoms. The maximum absolute atomic E-state index is 6.45. The van der Waals surface area contributed by atoms with E-state index in [9.17, 15) is 0 Å². The molecule has 3 nitrogen and oxygen atoms in total. The monoisotopic (exact) mass is 722 g/mol. The molecule has 0 fully saturated rings.